The second kappa shape index (κ2) is 8.47. The van der Waals surface area contributed by atoms with Crippen molar-refractivity contribution in [3.8, 4) is 0 Å². The van der Waals surface area contributed by atoms with Gasteiger partial charge in [0, 0.05) is 60.9 Å². The molecule has 0 aromatic carbocycles. The van der Waals surface area contributed by atoms with Crippen molar-refractivity contribution in [2.75, 3.05) is 30.7 Å². The van der Waals surface area contributed by atoms with Crippen LogP contribution in [-0.4, -0.2) is 56.5 Å². The van der Waals surface area contributed by atoms with Gasteiger partial charge in [-0.15, -0.1) is 0 Å². The molecule has 1 heterocycles. The summed E-state index contributed by atoms with van der Waals surface area (Å²) in [6, 6.07) is 1.11. The Balaban J connectivity index is 1.71. The minimum absolute atomic E-state index is 0.0922. The Kier molecular flexibility index (Phi) is 7.29. The molecule has 0 bridgehead atoms. The zero-order valence-electron chi connectivity index (χ0n) is 12.2. The van der Waals surface area contributed by atoms with E-state index in [1.54, 1.807) is 0 Å². The van der Waals surface area contributed by atoms with Crippen molar-refractivity contribution in [1.29, 1.82) is 0 Å². The number of carbonyl (C=O) groups is 1. The first-order valence-electron chi connectivity index (χ1n) is 7.57. The van der Waals surface area contributed by atoms with E-state index in [4.69, 9.17) is 0 Å². The van der Waals surface area contributed by atoms with Crippen LogP contribution in [0.15, 0.2) is 0 Å². The van der Waals surface area contributed by atoms with Gasteiger partial charge >= 0.3 is 0 Å². The molecule has 1 atom stereocenters. The number of alkyl halides is 1. The van der Waals surface area contributed by atoms with Gasteiger partial charge in [0.05, 0.1) is 4.55 Å². The zero-order valence-corrected chi connectivity index (χ0v) is 16.5. The van der Waals surface area contributed by atoms with E-state index in [0.29, 0.717) is 12.1 Å². The van der Waals surface area contributed by atoms with Gasteiger partial charge in [-0.1, -0.05) is 22.6 Å². The predicted octanol–water partition coefficient (Wildman–Crippen LogP) is 3.09. The Morgan fingerprint density at radius 3 is 2.50 bits per heavy atom. The van der Waals surface area contributed by atoms with Crippen molar-refractivity contribution >= 4 is 49.1 Å². The van der Waals surface area contributed by atoms with Crippen LogP contribution < -0.4 is 5.32 Å². The minimum Gasteiger partial charge on any atom is -0.345 e. The first-order chi connectivity index (χ1) is 9.58. The number of nitrogens with zero attached hydrogens (tertiary/aromatic N) is 2. The third-order valence-electron chi connectivity index (χ3n) is 4.68. The van der Waals surface area contributed by atoms with Gasteiger partial charge in [0.1, 0.15) is 0 Å². The molecule has 1 amide bonds. The molecule has 1 aliphatic carbocycles. The van der Waals surface area contributed by atoms with Gasteiger partial charge in [0.25, 0.3) is 3.91 Å². The largest absolute Gasteiger partial charge is 0.345 e. The van der Waals surface area contributed by atoms with E-state index < -0.39 is 0 Å². The van der Waals surface area contributed by atoms with Crippen molar-refractivity contribution in [1.82, 2.24) is 15.1 Å². The molecule has 0 unspecified atom stereocenters. The minimum atomic E-state index is 0.0922. The van der Waals surface area contributed by atoms with Crippen LogP contribution in [0.3, 0.4) is 0 Å². The van der Waals surface area contributed by atoms with Crippen molar-refractivity contribution in [2.45, 2.75) is 44.7 Å². The van der Waals surface area contributed by atoms with E-state index in [-0.39, 0.29) is 3.91 Å². The number of hydrogen-bond acceptors (Lipinski definition) is 3. The highest BCUT2D eigenvalue weighted by Gasteiger charge is 2.28. The number of rotatable bonds is 4. The first kappa shape index (κ1) is 17.2. The van der Waals surface area contributed by atoms with Crippen LogP contribution in [0.4, 0.5) is 4.79 Å². The Labute approximate surface area is 149 Å². The summed E-state index contributed by atoms with van der Waals surface area (Å²) in [6.45, 7) is 7.26. The summed E-state index contributed by atoms with van der Waals surface area (Å²) in [4.78, 5) is 16.3. The van der Waals surface area contributed by atoms with Crippen molar-refractivity contribution < 1.29 is 4.79 Å². The molecule has 4 nitrogen and oxygen atoms in total. The standard InChI is InChI=1S/C14H25I2N3O/c1-11-8-18(10-15)6-7-19(11)9-12-2-4-13(5-3-12)17-14(16)20/h11-13H,2-10H2,1H3,(H,17,20)/t11-,12?,13?/m0/s1. The summed E-state index contributed by atoms with van der Waals surface area (Å²) in [6.07, 6.45) is 4.84. The lowest BCUT2D eigenvalue weighted by molar-refractivity contribution is 0.0747. The second-order valence-corrected chi connectivity index (χ2v) is 7.84. The van der Waals surface area contributed by atoms with Crippen LogP contribution in [0, 0.1) is 5.92 Å². The maximum absolute atomic E-state index is 11.1. The summed E-state index contributed by atoms with van der Waals surface area (Å²) in [5, 5.41) is 3.05. The Hall–Kier alpha value is 0.850. The van der Waals surface area contributed by atoms with Gasteiger partial charge in [-0.2, -0.15) is 0 Å². The normalized spacial score (nSPS) is 33.0. The van der Waals surface area contributed by atoms with Crippen LogP contribution >= 0.6 is 45.2 Å². The van der Waals surface area contributed by atoms with E-state index >= 15 is 0 Å². The molecule has 0 aromatic rings. The van der Waals surface area contributed by atoms with E-state index in [0.717, 1.165) is 23.3 Å². The third-order valence-corrected chi connectivity index (χ3v) is 5.95. The first-order valence-corrected chi connectivity index (χ1v) is 10.2. The molecule has 1 N–H and O–H groups in total. The van der Waals surface area contributed by atoms with E-state index in [2.05, 4.69) is 44.6 Å². The maximum Gasteiger partial charge on any atom is 0.280 e. The molecule has 0 radical (unpaired) electrons. The lowest BCUT2D eigenvalue weighted by Gasteiger charge is -2.41. The zero-order chi connectivity index (χ0) is 14.5. The topological polar surface area (TPSA) is 35.6 Å². The average molecular weight is 505 g/mol. The van der Waals surface area contributed by atoms with Crippen LogP contribution in [0.25, 0.3) is 0 Å². The highest BCUT2D eigenvalue weighted by Crippen LogP contribution is 2.26. The van der Waals surface area contributed by atoms with Gasteiger partial charge in [0.2, 0.25) is 0 Å². The molecule has 0 aromatic heterocycles. The van der Waals surface area contributed by atoms with Crippen molar-refractivity contribution in [3.63, 3.8) is 0 Å². The van der Waals surface area contributed by atoms with E-state index in [1.165, 1.54) is 39.0 Å². The van der Waals surface area contributed by atoms with Crippen molar-refractivity contribution in [3.05, 3.63) is 0 Å². The van der Waals surface area contributed by atoms with Crippen LogP contribution in [-0.2, 0) is 0 Å². The number of amides is 1. The van der Waals surface area contributed by atoms with E-state index in [9.17, 15) is 4.79 Å². The number of piperazine rings is 1. The molecule has 2 aliphatic rings. The van der Waals surface area contributed by atoms with Gasteiger partial charge < -0.3 is 5.32 Å². The molecule has 20 heavy (non-hydrogen) atoms. The van der Waals surface area contributed by atoms with Gasteiger partial charge in [-0.25, -0.2) is 0 Å². The molecular formula is C14H25I2N3O. The van der Waals surface area contributed by atoms with E-state index in [1.807, 2.05) is 22.6 Å². The molecule has 6 heteroatoms. The predicted molar refractivity (Wildman–Crippen MR) is 99.8 cm³/mol. The second-order valence-electron chi connectivity index (χ2n) is 6.18. The monoisotopic (exact) mass is 505 g/mol. The van der Waals surface area contributed by atoms with Crippen LogP contribution in [0.1, 0.15) is 32.6 Å². The molecule has 2 rings (SSSR count). The number of hydrogen-bond donors (Lipinski definition) is 1. The molecule has 1 aliphatic heterocycles. The molecule has 1 saturated carbocycles. The lowest BCUT2D eigenvalue weighted by atomic mass is 9.85. The highest BCUT2D eigenvalue weighted by molar-refractivity contribution is 14.1. The Morgan fingerprint density at radius 2 is 1.95 bits per heavy atom. The van der Waals surface area contributed by atoms with Gasteiger partial charge in [0.15, 0.2) is 0 Å². The van der Waals surface area contributed by atoms with Gasteiger partial charge in [-0.3, -0.25) is 14.6 Å². The SMILES string of the molecule is C[C@H]1CN(CI)CCN1CC1CCC(NC(=O)I)CC1. The molecule has 2 fully saturated rings. The molecule has 1 saturated heterocycles. The highest BCUT2D eigenvalue weighted by atomic mass is 127. The summed E-state index contributed by atoms with van der Waals surface area (Å²) in [5.74, 6) is 0.825. The molecule has 116 valence electrons. The smallest absolute Gasteiger partial charge is 0.280 e. The fraction of sp³-hybridized carbons (Fsp3) is 0.929. The summed E-state index contributed by atoms with van der Waals surface area (Å²) in [5.41, 5.74) is 0. The lowest BCUT2D eigenvalue weighted by Crippen LogP contribution is -2.52. The number of carbonyl (C=O) groups excluding carboxylic acids is 1. The molecule has 0 spiro atoms. The fourth-order valence-corrected chi connectivity index (χ4v) is 4.49. The van der Waals surface area contributed by atoms with Gasteiger partial charge in [-0.05, 0) is 38.5 Å². The molecular weight excluding hydrogens is 480 g/mol. The number of halogens is 2. The van der Waals surface area contributed by atoms with Crippen LogP contribution in [0.2, 0.25) is 0 Å². The quantitative estimate of drug-likeness (QED) is 0.276. The van der Waals surface area contributed by atoms with Crippen LogP contribution in [0.5, 0.6) is 0 Å². The summed E-state index contributed by atoms with van der Waals surface area (Å²) < 4.78 is 1.24. The maximum atomic E-state index is 11.1. The fourth-order valence-electron chi connectivity index (χ4n) is 3.43. The third kappa shape index (κ3) is 5.24. The Bertz CT molecular complexity index is 322. The average Bonchev–Trinajstić information content (AvgIpc) is 2.42. The van der Waals surface area contributed by atoms with Crippen molar-refractivity contribution in [2.24, 2.45) is 5.92 Å². The number of nitrogens with one attached hydrogen (secondary N) is 1. The summed E-state index contributed by atoms with van der Waals surface area (Å²) >= 11 is 4.30. The Morgan fingerprint density at radius 1 is 1.25 bits per heavy atom. The summed E-state index contributed by atoms with van der Waals surface area (Å²) in [7, 11) is 0.